The minimum atomic E-state index is -0.336. The number of aromatic nitrogens is 1. The summed E-state index contributed by atoms with van der Waals surface area (Å²) >= 11 is 0. The van der Waals surface area contributed by atoms with Gasteiger partial charge in [-0.3, -0.25) is 9.59 Å². The van der Waals surface area contributed by atoms with Crippen LogP contribution in [0, 0.1) is 13.8 Å². The first-order chi connectivity index (χ1) is 9.50. The predicted molar refractivity (Wildman–Crippen MR) is 78.8 cm³/mol. The molecule has 1 N–H and O–H groups in total. The van der Waals surface area contributed by atoms with Crippen LogP contribution in [-0.4, -0.2) is 10.5 Å². The molecule has 0 aliphatic rings. The number of benzene rings is 1. The van der Waals surface area contributed by atoms with E-state index in [1.54, 1.807) is 13.1 Å². The van der Waals surface area contributed by atoms with E-state index >= 15 is 0 Å². The van der Waals surface area contributed by atoms with Crippen LogP contribution in [0.25, 0.3) is 0 Å². The Kier molecular flexibility index (Phi) is 4.03. The molecule has 2 rings (SSSR count). The fourth-order valence-electron chi connectivity index (χ4n) is 2.02. The van der Waals surface area contributed by atoms with E-state index in [2.05, 4.69) is 5.32 Å². The Hall–Kier alpha value is -2.36. The summed E-state index contributed by atoms with van der Waals surface area (Å²) in [6, 6.07) is 11.3. The summed E-state index contributed by atoms with van der Waals surface area (Å²) in [7, 11) is 1.68. The number of aryl methyl sites for hydroxylation is 1. The van der Waals surface area contributed by atoms with Crippen molar-refractivity contribution in [2.24, 2.45) is 7.05 Å². The maximum absolute atomic E-state index is 12.1. The Morgan fingerprint density at radius 2 is 1.85 bits per heavy atom. The van der Waals surface area contributed by atoms with E-state index in [4.69, 9.17) is 0 Å². The molecule has 0 bridgehead atoms. The standard InChI is InChI=1S/C16H18N2O2/c1-11-9-14(16(20)18(3)12(11)2)15(19)17-10-13-7-5-4-6-8-13/h4-9H,10H2,1-3H3,(H,17,19). The van der Waals surface area contributed by atoms with E-state index in [9.17, 15) is 9.59 Å². The molecule has 1 aromatic heterocycles. The number of hydrogen-bond acceptors (Lipinski definition) is 2. The Bertz CT molecular complexity index is 688. The number of carbonyl (C=O) groups is 1. The number of hydrogen-bond donors (Lipinski definition) is 1. The fraction of sp³-hybridized carbons (Fsp3) is 0.250. The van der Waals surface area contributed by atoms with Crippen molar-refractivity contribution in [2.45, 2.75) is 20.4 Å². The third-order valence-electron chi connectivity index (χ3n) is 3.51. The van der Waals surface area contributed by atoms with Gasteiger partial charge in [0.15, 0.2) is 0 Å². The van der Waals surface area contributed by atoms with Crippen molar-refractivity contribution >= 4 is 5.91 Å². The molecule has 0 saturated carbocycles. The van der Waals surface area contributed by atoms with E-state index in [1.807, 2.05) is 44.2 Å². The number of pyridine rings is 1. The highest BCUT2D eigenvalue weighted by molar-refractivity contribution is 5.94. The highest BCUT2D eigenvalue weighted by atomic mass is 16.2. The first-order valence-corrected chi connectivity index (χ1v) is 6.50. The molecule has 0 spiro atoms. The van der Waals surface area contributed by atoms with Gasteiger partial charge in [0.25, 0.3) is 11.5 Å². The second-order valence-electron chi connectivity index (χ2n) is 4.86. The maximum atomic E-state index is 12.1. The van der Waals surface area contributed by atoms with Crippen molar-refractivity contribution in [1.29, 1.82) is 0 Å². The molecule has 0 fully saturated rings. The Morgan fingerprint density at radius 1 is 1.20 bits per heavy atom. The van der Waals surface area contributed by atoms with Gasteiger partial charge in [0.05, 0.1) is 0 Å². The first kappa shape index (κ1) is 14.1. The molecule has 0 unspecified atom stereocenters. The normalized spacial score (nSPS) is 10.3. The van der Waals surface area contributed by atoms with Crippen LogP contribution in [0.5, 0.6) is 0 Å². The molecule has 0 aliphatic heterocycles. The summed E-state index contributed by atoms with van der Waals surface area (Å²) in [5, 5.41) is 2.78. The molecule has 4 heteroatoms. The molecule has 1 aromatic carbocycles. The number of nitrogens with one attached hydrogen (secondary N) is 1. The van der Waals surface area contributed by atoms with Gasteiger partial charge < -0.3 is 9.88 Å². The van der Waals surface area contributed by atoms with Gasteiger partial charge in [0.1, 0.15) is 5.56 Å². The summed E-state index contributed by atoms with van der Waals surface area (Å²) in [4.78, 5) is 24.2. The van der Waals surface area contributed by atoms with Crippen molar-refractivity contribution in [3.05, 3.63) is 69.1 Å². The van der Waals surface area contributed by atoms with Gasteiger partial charge in [-0.2, -0.15) is 0 Å². The zero-order valence-electron chi connectivity index (χ0n) is 11.9. The summed E-state index contributed by atoms with van der Waals surface area (Å²) < 4.78 is 1.51. The average Bonchev–Trinajstić information content (AvgIpc) is 2.47. The molecule has 0 saturated heterocycles. The van der Waals surface area contributed by atoms with E-state index in [0.29, 0.717) is 6.54 Å². The zero-order chi connectivity index (χ0) is 14.7. The lowest BCUT2D eigenvalue weighted by Crippen LogP contribution is -2.33. The number of rotatable bonds is 3. The van der Waals surface area contributed by atoms with Gasteiger partial charge in [-0.1, -0.05) is 30.3 Å². The quantitative estimate of drug-likeness (QED) is 0.926. The third-order valence-corrected chi connectivity index (χ3v) is 3.51. The SMILES string of the molecule is Cc1cc(C(=O)NCc2ccccc2)c(=O)n(C)c1C. The Morgan fingerprint density at radius 3 is 2.50 bits per heavy atom. The molecule has 0 radical (unpaired) electrons. The highest BCUT2D eigenvalue weighted by Crippen LogP contribution is 2.05. The minimum Gasteiger partial charge on any atom is -0.348 e. The predicted octanol–water partition coefficient (Wildman–Crippen LogP) is 1.93. The van der Waals surface area contributed by atoms with Gasteiger partial charge in [-0.25, -0.2) is 0 Å². The Balaban J connectivity index is 2.20. The second kappa shape index (κ2) is 5.74. The van der Waals surface area contributed by atoms with E-state index in [-0.39, 0.29) is 17.0 Å². The molecule has 20 heavy (non-hydrogen) atoms. The highest BCUT2D eigenvalue weighted by Gasteiger charge is 2.13. The lowest BCUT2D eigenvalue weighted by atomic mass is 10.1. The number of nitrogens with zero attached hydrogens (tertiary/aromatic N) is 1. The summed E-state index contributed by atoms with van der Waals surface area (Å²) in [5.41, 5.74) is 2.72. The smallest absolute Gasteiger partial charge is 0.263 e. The summed E-state index contributed by atoms with van der Waals surface area (Å²) in [6.07, 6.45) is 0. The molecule has 2 aromatic rings. The van der Waals surface area contributed by atoms with Crippen LogP contribution < -0.4 is 10.9 Å². The third kappa shape index (κ3) is 2.79. The zero-order valence-corrected chi connectivity index (χ0v) is 11.9. The van der Waals surface area contributed by atoms with Crippen molar-refractivity contribution in [2.75, 3.05) is 0 Å². The molecular weight excluding hydrogens is 252 g/mol. The van der Waals surface area contributed by atoms with Crippen molar-refractivity contribution in [3.8, 4) is 0 Å². The van der Waals surface area contributed by atoms with Gasteiger partial charge in [-0.05, 0) is 31.0 Å². The van der Waals surface area contributed by atoms with Crippen molar-refractivity contribution in [3.63, 3.8) is 0 Å². The van der Waals surface area contributed by atoms with Crippen LogP contribution in [-0.2, 0) is 13.6 Å². The molecule has 0 atom stereocenters. The van der Waals surface area contributed by atoms with Crippen LogP contribution in [0.4, 0.5) is 0 Å². The number of carbonyl (C=O) groups excluding carboxylic acids is 1. The lowest BCUT2D eigenvalue weighted by molar-refractivity contribution is 0.0948. The molecule has 104 valence electrons. The Labute approximate surface area is 118 Å². The van der Waals surface area contributed by atoms with Crippen molar-refractivity contribution in [1.82, 2.24) is 9.88 Å². The molecule has 0 aliphatic carbocycles. The van der Waals surface area contributed by atoms with Crippen LogP contribution in [0.1, 0.15) is 27.2 Å². The second-order valence-corrected chi connectivity index (χ2v) is 4.86. The van der Waals surface area contributed by atoms with Crippen LogP contribution in [0.15, 0.2) is 41.2 Å². The van der Waals surface area contributed by atoms with Crippen LogP contribution in [0.3, 0.4) is 0 Å². The van der Waals surface area contributed by atoms with Crippen molar-refractivity contribution < 1.29 is 4.79 Å². The van der Waals surface area contributed by atoms with Gasteiger partial charge in [0.2, 0.25) is 0 Å². The fourth-order valence-corrected chi connectivity index (χ4v) is 2.02. The minimum absolute atomic E-state index is 0.187. The van der Waals surface area contributed by atoms with E-state index in [1.165, 1.54) is 4.57 Å². The topological polar surface area (TPSA) is 51.1 Å². The molecule has 4 nitrogen and oxygen atoms in total. The maximum Gasteiger partial charge on any atom is 0.263 e. The van der Waals surface area contributed by atoms with Gasteiger partial charge in [0, 0.05) is 19.3 Å². The van der Waals surface area contributed by atoms with Crippen LogP contribution >= 0.6 is 0 Å². The molecule has 1 amide bonds. The summed E-state index contributed by atoms with van der Waals surface area (Å²) in [6.45, 7) is 4.17. The van der Waals surface area contributed by atoms with Crippen LogP contribution in [0.2, 0.25) is 0 Å². The molecular formula is C16H18N2O2. The monoisotopic (exact) mass is 270 g/mol. The lowest BCUT2D eigenvalue weighted by Gasteiger charge is -2.10. The van der Waals surface area contributed by atoms with Gasteiger partial charge >= 0.3 is 0 Å². The largest absolute Gasteiger partial charge is 0.348 e. The first-order valence-electron chi connectivity index (χ1n) is 6.50. The van der Waals surface area contributed by atoms with Gasteiger partial charge in [-0.15, -0.1) is 0 Å². The van der Waals surface area contributed by atoms with E-state index < -0.39 is 0 Å². The average molecular weight is 270 g/mol. The molecule has 1 heterocycles. The van der Waals surface area contributed by atoms with E-state index in [0.717, 1.165) is 16.8 Å². The number of amides is 1. The summed E-state index contributed by atoms with van der Waals surface area (Å²) in [5.74, 6) is -0.336.